The number of esters is 2. The number of allylic oxidation sites excluding steroid dienone is 8. The Hall–Kier alpha value is -2.19. The van der Waals surface area contributed by atoms with Crippen molar-refractivity contribution >= 4 is 19.8 Å². The summed E-state index contributed by atoms with van der Waals surface area (Å²) in [5.74, 6) is -1.13. The summed E-state index contributed by atoms with van der Waals surface area (Å²) < 4.78 is 33.5. The van der Waals surface area contributed by atoms with Crippen molar-refractivity contribution in [2.45, 2.75) is 224 Å². The van der Waals surface area contributed by atoms with Crippen molar-refractivity contribution in [1.29, 1.82) is 0 Å². The van der Waals surface area contributed by atoms with Crippen LogP contribution in [0.4, 0.5) is 0 Å². The minimum absolute atomic E-state index is 0.0793. The van der Waals surface area contributed by atoms with Crippen LogP contribution < -0.4 is 0 Å². The molecule has 6 N–H and O–H groups in total. The van der Waals surface area contributed by atoms with Crippen LogP contribution in [0.1, 0.15) is 181 Å². The Morgan fingerprint density at radius 1 is 0.508 bits per heavy atom. The van der Waals surface area contributed by atoms with Gasteiger partial charge in [0.15, 0.2) is 6.10 Å². The molecular weight excluding hydrogens is 803 g/mol. The summed E-state index contributed by atoms with van der Waals surface area (Å²) in [6, 6.07) is 0. The van der Waals surface area contributed by atoms with Crippen molar-refractivity contribution in [1.82, 2.24) is 0 Å². The van der Waals surface area contributed by atoms with E-state index >= 15 is 0 Å². The molecule has 6 unspecified atom stereocenters. The molecule has 0 amide bonds. The molecule has 1 aliphatic rings. The maximum atomic E-state index is 12.8. The first kappa shape index (κ1) is 56.8. The monoisotopic (exact) mass is 887 g/mol. The fourth-order valence-corrected chi connectivity index (χ4v) is 7.79. The van der Waals surface area contributed by atoms with Crippen molar-refractivity contribution in [2.24, 2.45) is 0 Å². The van der Waals surface area contributed by atoms with Gasteiger partial charge in [-0.3, -0.25) is 18.6 Å². The molecule has 0 saturated heterocycles. The first-order valence-electron chi connectivity index (χ1n) is 23.4. The van der Waals surface area contributed by atoms with Crippen molar-refractivity contribution < 1.29 is 63.1 Å². The molecule has 0 spiro atoms. The van der Waals surface area contributed by atoms with Crippen LogP contribution in [0.15, 0.2) is 48.6 Å². The van der Waals surface area contributed by atoms with Gasteiger partial charge in [-0.2, -0.15) is 0 Å². The normalized spacial score (nSPS) is 22.4. The fraction of sp³-hybridized carbons (Fsp3) is 0.787. The SMILES string of the molecule is CCCCC/C=C\C/C=C\C/C=C\CCCCCCCCC(=O)OC(COC(=O)CCCCCCC/C=C\CCCCCC)COP(=O)(O)OC1C(O)C(O)C(O)C(O)C1O. The maximum absolute atomic E-state index is 12.8. The summed E-state index contributed by atoms with van der Waals surface area (Å²) in [6.07, 6.45) is 30.2. The summed E-state index contributed by atoms with van der Waals surface area (Å²) >= 11 is 0. The number of aliphatic hydroxyl groups excluding tert-OH is 5. The summed E-state index contributed by atoms with van der Waals surface area (Å²) in [5, 5.41) is 50.1. The van der Waals surface area contributed by atoms with E-state index in [0.29, 0.717) is 12.8 Å². The molecule has 13 nitrogen and oxygen atoms in total. The van der Waals surface area contributed by atoms with Crippen LogP contribution in [-0.2, 0) is 32.7 Å². The second kappa shape index (κ2) is 37.2. The van der Waals surface area contributed by atoms with Gasteiger partial charge in [-0.15, -0.1) is 0 Å². The number of hydrogen-bond acceptors (Lipinski definition) is 12. The van der Waals surface area contributed by atoms with Crippen LogP contribution in [0, 0.1) is 0 Å². The maximum Gasteiger partial charge on any atom is 0.472 e. The van der Waals surface area contributed by atoms with Gasteiger partial charge in [0, 0.05) is 12.8 Å². The lowest BCUT2D eigenvalue weighted by Crippen LogP contribution is -2.64. The van der Waals surface area contributed by atoms with Gasteiger partial charge in [0.25, 0.3) is 0 Å². The minimum atomic E-state index is -5.12. The van der Waals surface area contributed by atoms with E-state index in [-0.39, 0.29) is 12.8 Å². The van der Waals surface area contributed by atoms with Crippen molar-refractivity contribution in [3.8, 4) is 0 Å². The third kappa shape index (κ3) is 29.7. The molecule has 0 aliphatic heterocycles. The van der Waals surface area contributed by atoms with E-state index in [1.165, 1.54) is 44.9 Å². The van der Waals surface area contributed by atoms with E-state index in [1.807, 2.05) is 0 Å². The second-order valence-electron chi connectivity index (χ2n) is 16.3. The number of rotatable bonds is 38. The average molecular weight is 887 g/mol. The first-order valence-corrected chi connectivity index (χ1v) is 24.9. The predicted molar refractivity (Wildman–Crippen MR) is 239 cm³/mol. The largest absolute Gasteiger partial charge is 0.472 e. The molecule has 6 atom stereocenters. The Labute approximate surface area is 367 Å². The van der Waals surface area contributed by atoms with Crippen molar-refractivity contribution in [2.75, 3.05) is 13.2 Å². The average Bonchev–Trinajstić information content (AvgIpc) is 3.24. The summed E-state index contributed by atoms with van der Waals surface area (Å²) in [6.45, 7) is 3.23. The summed E-state index contributed by atoms with van der Waals surface area (Å²) in [4.78, 5) is 35.7. The molecule has 14 heteroatoms. The second-order valence-corrected chi connectivity index (χ2v) is 17.7. The van der Waals surface area contributed by atoms with E-state index in [1.54, 1.807) is 0 Å². The molecule has 354 valence electrons. The Morgan fingerprint density at radius 3 is 1.39 bits per heavy atom. The topological polar surface area (TPSA) is 210 Å². The van der Waals surface area contributed by atoms with Gasteiger partial charge >= 0.3 is 19.8 Å². The van der Waals surface area contributed by atoms with E-state index in [2.05, 4.69) is 62.5 Å². The molecule has 0 aromatic carbocycles. The van der Waals surface area contributed by atoms with Gasteiger partial charge in [0.2, 0.25) is 0 Å². The Morgan fingerprint density at radius 2 is 0.885 bits per heavy atom. The number of phosphoric ester groups is 1. The predicted octanol–water partition coefficient (Wildman–Crippen LogP) is 9.17. The van der Waals surface area contributed by atoms with E-state index in [9.17, 15) is 44.6 Å². The van der Waals surface area contributed by atoms with Crippen molar-refractivity contribution in [3.05, 3.63) is 48.6 Å². The number of aliphatic hydroxyl groups is 5. The molecule has 0 heterocycles. The molecule has 1 aliphatic carbocycles. The number of carbonyl (C=O) groups excluding carboxylic acids is 2. The third-order valence-corrected chi connectivity index (χ3v) is 11.6. The Bertz CT molecular complexity index is 1250. The van der Waals surface area contributed by atoms with Gasteiger partial charge in [-0.05, 0) is 77.0 Å². The van der Waals surface area contributed by atoms with Gasteiger partial charge < -0.3 is 39.9 Å². The number of phosphoric acid groups is 1. The highest BCUT2D eigenvalue weighted by Crippen LogP contribution is 2.47. The minimum Gasteiger partial charge on any atom is -0.462 e. The number of ether oxygens (including phenoxy) is 2. The van der Waals surface area contributed by atoms with Gasteiger partial charge in [0.1, 0.15) is 43.2 Å². The number of carbonyl (C=O) groups is 2. The lowest BCUT2D eigenvalue weighted by Gasteiger charge is -2.41. The molecule has 1 saturated carbocycles. The quantitative estimate of drug-likeness (QED) is 0.0148. The fourth-order valence-electron chi connectivity index (χ4n) is 6.82. The zero-order valence-corrected chi connectivity index (χ0v) is 38.3. The third-order valence-electron chi connectivity index (χ3n) is 10.6. The standard InChI is InChI=1S/C47H83O13P/c1-3-5-7-9-11-13-15-17-18-19-20-21-22-24-26-28-30-32-34-36-41(49)59-39(38-58-61(55,56)60-47-45(53)43(51)42(50)44(52)46(47)54)37-57-40(48)35-33-31-29-27-25-23-16-14-12-10-8-6-4-2/h11,13-14,16-18,20-21,39,42-47,50-54H,3-10,12,15,19,22-38H2,1-2H3,(H,55,56)/b13-11-,16-14-,18-17-,21-20-. The smallest absolute Gasteiger partial charge is 0.462 e. The molecular formula is C47H83O13P. The molecule has 0 bridgehead atoms. The van der Waals surface area contributed by atoms with Crippen LogP contribution >= 0.6 is 7.82 Å². The summed E-state index contributed by atoms with van der Waals surface area (Å²) in [5.41, 5.74) is 0. The van der Waals surface area contributed by atoms with Gasteiger partial charge in [-0.1, -0.05) is 140 Å². The van der Waals surface area contributed by atoms with E-state index < -0.39 is 75.7 Å². The van der Waals surface area contributed by atoms with Crippen LogP contribution in [-0.4, -0.2) is 98.3 Å². The Balaban J connectivity index is 2.47. The van der Waals surface area contributed by atoms with Crippen LogP contribution in [0.25, 0.3) is 0 Å². The van der Waals surface area contributed by atoms with E-state index in [0.717, 1.165) is 96.3 Å². The number of hydrogen-bond donors (Lipinski definition) is 6. The summed E-state index contributed by atoms with van der Waals surface area (Å²) in [7, 11) is -5.12. The lowest BCUT2D eigenvalue weighted by atomic mass is 9.85. The Kier molecular flexibility index (Phi) is 34.7. The van der Waals surface area contributed by atoms with E-state index in [4.69, 9.17) is 18.5 Å². The zero-order chi connectivity index (χ0) is 45.0. The van der Waals surface area contributed by atoms with Crippen LogP contribution in [0.2, 0.25) is 0 Å². The van der Waals surface area contributed by atoms with Crippen LogP contribution in [0.5, 0.6) is 0 Å². The zero-order valence-electron chi connectivity index (χ0n) is 37.4. The molecule has 0 radical (unpaired) electrons. The van der Waals surface area contributed by atoms with Crippen molar-refractivity contribution in [3.63, 3.8) is 0 Å². The van der Waals surface area contributed by atoms with Gasteiger partial charge in [-0.25, -0.2) is 4.57 Å². The molecule has 0 aromatic rings. The van der Waals surface area contributed by atoms with Crippen LogP contribution in [0.3, 0.4) is 0 Å². The lowest BCUT2D eigenvalue weighted by molar-refractivity contribution is -0.220. The van der Waals surface area contributed by atoms with Gasteiger partial charge in [0.05, 0.1) is 6.61 Å². The number of unbranched alkanes of at least 4 members (excludes halogenated alkanes) is 18. The first-order chi connectivity index (χ1) is 29.4. The molecule has 1 rings (SSSR count). The molecule has 0 aromatic heterocycles. The highest BCUT2D eigenvalue weighted by Gasteiger charge is 2.51. The highest BCUT2D eigenvalue weighted by molar-refractivity contribution is 7.47. The highest BCUT2D eigenvalue weighted by atomic mass is 31.2. The molecule has 1 fully saturated rings. The molecule has 61 heavy (non-hydrogen) atoms.